The van der Waals surface area contributed by atoms with Crippen LogP contribution >= 0.6 is 0 Å². The van der Waals surface area contributed by atoms with E-state index in [1.54, 1.807) is 0 Å². The largest absolute Gasteiger partial charge is 0.455 e. The number of furan rings is 1. The first-order chi connectivity index (χ1) is 27.2. The van der Waals surface area contributed by atoms with E-state index in [0.717, 1.165) is 78.6 Å². The lowest BCUT2D eigenvalue weighted by Gasteiger charge is -2.28. The van der Waals surface area contributed by atoms with Gasteiger partial charge in [-0.05, 0) is 64.7 Å². The smallest absolute Gasteiger partial charge is 0.164 e. The van der Waals surface area contributed by atoms with Crippen molar-refractivity contribution in [1.82, 2.24) is 15.0 Å². The number of para-hydroxylation sites is 1. The van der Waals surface area contributed by atoms with Gasteiger partial charge in [0.25, 0.3) is 0 Å². The highest BCUT2D eigenvalue weighted by atomic mass is 16.3. The van der Waals surface area contributed by atoms with Gasteiger partial charge in [-0.2, -0.15) is 0 Å². The lowest BCUT2D eigenvalue weighted by Crippen LogP contribution is -2.16. The van der Waals surface area contributed by atoms with Crippen LogP contribution in [0.1, 0.15) is 5.56 Å². The predicted molar refractivity (Wildman–Crippen MR) is 226 cm³/mol. The number of anilines is 2. The molecule has 1 aliphatic heterocycles. The van der Waals surface area contributed by atoms with Gasteiger partial charge in [0.05, 0.1) is 0 Å². The van der Waals surface area contributed by atoms with Gasteiger partial charge in [0, 0.05) is 50.1 Å². The molecule has 3 heterocycles. The summed E-state index contributed by atoms with van der Waals surface area (Å²) >= 11 is 0. The molecule has 7 aromatic carbocycles. The van der Waals surface area contributed by atoms with Gasteiger partial charge in [-0.25, -0.2) is 15.0 Å². The number of hydrogen-bond donors (Lipinski definition) is 0. The zero-order valence-electron chi connectivity index (χ0n) is 29.9. The van der Waals surface area contributed by atoms with Crippen LogP contribution < -0.4 is 4.90 Å². The number of nitrogens with zero attached hydrogens (tertiary/aromatic N) is 4. The van der Waals surface area contributed by atoms with Crippen molar-refractivity contribution in [2.24, 2.45) is 0 Å². The summed E-state index contributed by atoms with van der Waals surface area (Å²) in [6.07, 6.45) is 9.23. The Bertz CT molecular complexity index is 2920. The van der Waals surface area contributed by atoms with Gasteiger partial charge >= 0.3 is 0 Å². The Kier molecular flexibility index (Phi) is 7.96. The Hall–Kier alpha value is -7.37. The summed E-state index contributed by atoms with van der Waals surface area (Å²) in [6.45, 7) is 4.56. The molecular formula is C50H34N4O. The summed E-state index contributed by atoms with van der Waals surface area (Å²) < 4.78 is 6.95. The molecule has 0 unspecified atom stereocenters. The summed E-state index contributed by atoms with van der Waals surface area (Å²) in [4.78, 5) is 17.2. The van der Waals surface area contributed by atoms with E-state index in [1.165, 1.54) is 10.9 Å². The van der Waals surface area contributed by atoms with Crippen LogP contribution in [0.25, 0.3) is 78.0 Å². The Morgan fingerprint density at radius 3 is 1.98 bits per heavy atom. The first-order valence-electron chi connectivity index (χ1n) is 18.4. The molecule has 0 fully saturated rings. The lowest BCUT2D eigenvalue weighted by atomic mass is 9.95. The molecule has 2 aromatic heterocycles. The fraction of sp³-hybridized carbons (Fsp3) is 0.0200. The first kappa shape index (κ1) is 32.3. The topological polar surface area (TPSA) is 55.1 Å². The third-order valence-corrected chi connectivity index (χ3v) is 10.2. The molecule has 0 bridgehead atoms. The van der Waals surface area contributed by atoms with Crippen LogP contribution in [-0.4, -0.2) is 15.0 Å². The first-order valence-corrected chi connectivity index (χ1v) is 18.4. The van der Waals surface area contributed by atoms with Crippen LogP contribution in [0.5, 0.6) is 0 Å². The molecule has 260 valence electrons. The van der Waals surface area contributed by atoms with E-state index in [4.69, 9.17) is 19.4 Å². The van der Waals surface area contributed by atoms with Crippen molar-refractivity contribution < 1.29 is 4.42 Å². The van der Waals surface area contributed by atoms with Crippen molar-refractivity contribution in [3.63, 3.8) is 0 Å². The quantitative estimate of drug-likeness (QED) is 0.178. The van der Waals surface area contributed by atoms with E-state index in [2.05, 4.69) is 133 Å². The molecule has 55 heavy (non-hydrogen) atoms. The van der Waals surface area contributed by atoms with E-state index >= 15 is 0 Å². The Labute approximate surface area is 318 Å². The van der Waals surface area contributed by atoms with Gasteiger partial charge in [0.1, 0.15) is 11.2 Å². The molecule has 0 saturated heterocycles. The maximum absolute atomic E-state index is 6.95. The second-order valence-electron chi connectivity index (χ2n) is 13.7. The number of rotatable bonds is 5. The summed E-state index contributed by atoms with van der Waals surface area (Å²) in [7, 11) is 0. The van der Waals surface area contributed by atoms with Gasteiger partial charge in [0.15, 0.2) is 17.5 Å². The molecule has 0 spiro atoms. The van der Waals surface area contributed by atoms with Crippen molar-refractivity contribution in [1.29, 1.82) is 0 Å². The zero-order chi connectivity index (χ0) is 36.7. The minimum absolute atomic E-state index is 0.579. The van der Waals surface area contributed by atoms with Crippen molar-refractivity contribution >= 4 is 44.1 Å². The molecule has 9 aromatic rings. The maximum atomic E-state index is 6.95. The van der Waals surface area contributed by atoms with Crippen LogP contribution in [0.4, 0.5) is 11.4 Å². The number of fused-ring (bicyclic) bond motifs is 5. The fourth-order valence-electron chi connectivity index (χ4n) is 7.61. The SMILES string of the molecule is C=C1/C=C\C=C/Cc2ccccc2N1c1cc(-c2cccc3ccccc23)c2oc3cc(-c4nc(-c5ccccc5)nc(-c5ccccc5)n4)ccc3c2c1. The predicted octanol–water partition coefficient (Wildman–Crippen LogP) is 12.9. The second kappa shape index (κ2) is 13.6. The third-order valence-electron chi connectivity index (χ3n) is 10.2. The van der Waals surface area contributed by atoms with Gasteiger partial charge < -0.3 is 9.32 Å². The van der Waals surface area contributed by atoms with Crippen LogP contribution in [0.2, 0.25) is 0 Å². The van der Waals surface area contributed by atoms with Crippen molar-refractivity contribution in [2.45, 2.75) is 6.42 Å². The van der Waals surface area contributed by atoms with E-state index in [-0.39, 0.29) is 0 Å². The molecule has 0 saturated carbocycles. The summed E-state index contributed by atoms with van der Waals surface area (Å²) in [5.74, 6) is 1.81. The van der Waals surface area contributed by atoms with E-state index < -0.39 is 0 Å². The Morgan fingerprint density at radius 1 is 0.527 bits per heavy atom. The molecule has 0 radical (unpaired) electrons. The third kappa shape index (κ3) is 5.88. The van der Waals surface area contributed by atoms with Crippen molar-refractivity contribution in [3.8, 4) is 45.3 Å². The lowest BCUT2D eigenvalue weighted by molar-refractivity contribution is 0.670. The minimum atomic E-state index is 0.579. The highest BCUT2D eigenvalue weighted by molar-refractivity contribution is 6.14. The molecular weight excluding hydrogens is 673 g/mol. The van der Waals surface area contributed by atoms with Crippen molar-refractivity contribution in [3.05, 3.63) is 200 Å². The monoisotopic (exact) mass is 706 g/mol. The fourth-order valence-corrected chi connectivity index (χ4v) is 7.61. The molecule has 5 heteroatoms. The summed E-state index contributed by atoms with van der Waals surface area (Å²) in [5, 5.41) is 4.34. The van der Waals surface area contributed by atoms with Gasteiger partial charge in [-0.1, -0.05) is 152 Å². The molecule has 0 atom stereocenters. The van der Waals surface area contributed by atoms with Gasteiger partial charge in [0.2, 0.25) is 0 Å². The number of benzene rings is 7. The van der Waals surface area contributed by atoms with Crippen LogP contribution in [0, 0.1) is 0 Å². The average Bonchev–Trinajstić information content (AvgIpc) is 3.65. The van der Waals surface area contributed by atoms with Crippen LogP contribution in [-0.2, 0) is 6.42 Å². The molecule has 5 nitrogen and oxygen atoms in total. The Balaban J connectivity index is 1.21. The molecule has 1 aliphatic rings. The van der Waals surface area contributed by atoms with Crippen LogP contribution in [0.15, 0.2) is 199 Å². The average molecular weight is 707 g/mol. The van der Waals surface area contributed by atoms with Gasteiger partial charge in [-0.15, -0.1) is 0 Å². The highest BCUT2D eigenvalue weighted by Gasteiger charge is 2.22. The van der Waals surface area contributed by atoms with Crippen LogP contribution in [0.3, 0.4) is 0 Å². The van der Waals surface area contributed by atoms with E-state index in [9.17, 15) is 0 Å². The normalized spacial score (nSPS) is 14.0. The number of allylic oxidation sites excluding steroid dienone is 4. The Morgan fingerprint density at radius 2 is 1.20 bits per heavy atom. The van der Waals surface area contributed by atoms with E-state index in [0.29, 0.717) is 17.5 Å². The molecule has 0 amide bonds. The second-order valence-corrected chi connectivity index (χ2v) is 13.7. The molecule has 10 rings (SSSR count). The summed E-state index contributed by atoms with van der Waals surface area (Å²) in [6, 6.07) is 54.4. The number of hydrogen-bond acceptors (Lipinski definition) is 5. The van der Waals surface area contributed by atoms with Gasteiger partial charge in [-0.3, -0.25) is 0 Å². The van der Waals surface area contributed by atoms with E-state index in [1.807, 2.05) is 60.7 Å². The molecule has 0 N–H and O–H groups in total. The highest BCUT2D eigenvalue weighted by Crippen LogP contribution is 2.45. The van der Waals surface area contributed by atoms with Crippen molar-refractivity contribution in [2.75, 3.05) is 4.90 Å². The number of aromatic nitrogens is 3. The standard InChI is InChI=1S/C50H34N4O/c1-33-16-5-2-6-18-35-19-12-14-27-45(35)54(33)39-31-43(41-26-15-24-34-17-11-13-25-40(34)41)47-44(32-39)42-29-28-38(30-46(42)55-47)50-52-48(36-20-7-3-8-21-36)51-49(53-50)37-22-9-4-10-23-37/h2-17,19-32H,1,18H2/b6-2-,16-5-. The molecule has 0 aliphatic carbocycles. The minimum Gasteiger partial charge on any atom is -0.455 e. The zero-order valence-corrected chi connectivity index (χ0v) is 29.9. The summed E-state index contributed by atoms with van der Waals surface area (Å²) in [5.41, 5.74) is 10.6. The maximum Gasteiger partial charge on any atom is 0.164 e.